The SMILES string of the molecule is CN=C(NCC(=O)N1CCCc2ccccc21)NCC(C)(C)OC. The zero-order valence-corrected chi connectivity index (χ0v) is 15.1. The Morgan fingerprint density at radius 1 is 1.33 bits per heavy atom. The molecule has 1 aromatic rings. The summed E-state index contributed by atoms with van der Waals surface area (Å²) in [5.41, 5.74) is 1.97. The van der Waals surface area contributed by atoms with Crippen LogP contribution in [0.5, 0.6) is 0 Å². The summed E-state index contributed by atoms with van der Waals surface area (Å²) in [6.07, 6.45) is 2.03. The number of benzene rings is 1. The normalized spacial score (nSPS) is 15.0. The van der Waals surface area contributed by atoms with E-state index in [1.807, 2.05) is 36.9 Å². The third-order valence-electron chi connectivity index (χ3n) is 4.28. The van der Waals surface area contributed by atoms with Gasteiger partial charge >= 0.3 is 0 Å². The first kappa shape index (κ1) is 18.3. The summed E-state index contributed by atoms with van der Waals surface area (Å²) in [5, 5.41) is 6.27. The maximum absolute atomic E-state index is 12.6. The number of hydrogen-bond donors (Lipinski definition) is 2. The lowest BCUT2D eigenvalue weighted by atomic mass is 10.0. The number of hydrogen-bond acceptors (Lipinski definition) is 3. The van der Waals surface area contributed by atoms with Crippen LogP contribution in [-0.2, 0) is 16.0 Å². The molecule has 0 aromatic heterocycles. The molecule has 0 unspecified atom stereocenters. The summed E-state index contributed by atoms with van der Waals surface area (Å²) >= 11 is 0. The maximum Gasteiger partial charge on any atom is 0.246 e. The van der Waals surface area contributed by atoms with E-state index in [9.17, 15) is 4.79 Å². The first-order valence-corrected chi connectivity index (χ1v) is 8.35. The number of guanidine groups is 1. The fourth-order valence-corrected chi connectivity index (χ4v) is 2.64. The van der Waals surface area contributed by atoms with Crippen LogP contribution in [0.25, 0.3) is 0 Å². The van der Waals surface area contributed by atoms with Gasteiger partial charge in [-0.2, -0.15) is 0 Å². The Morgan fingerprint density at radius 2 is 2.08 bits per heavy atom. The zero-order chi connectivity index (χ0) is 17.6. The number of carbonyl (C=O) groups excluding carboxylic acids is 1. The maximum atomic E-state index is 12.6. The van der Waals surface area contributed by atoms with Gasteiger partial charge in [0.1, 0.15) is 0 Å². The third-order valence-corrected chi connectivity index (χ3v) is 4.28. The Balaban J connectivity index is 1.91. The van der Waals surface area contributed by atoms with Crippen molar-refractivity contribution in [3.8, 4) is 0 Å². The quantitative estimate of drug-likeness (QED) is 0.634. The second kappa shape index (κ2) is 8.15. The number of amides is 1. The number of nitrogens with one attached hydrogen (secondary N) is 2. The van der Waals surface area contributed by atoms with Crippen LogP contribution in [-0.4, -0.2) is 51.3 Å². The van der Waals surface area contributed by atoms with Gasteiger partial charge in [0.15, 0.2) is 5.96 Å². The standard InChI is InChI=1S/C18H28N4O2/c1-18(2,24-4)13-21-17(19-3)20-12-16(23)22-11-7-9-14-8-5-6-10-15(14)22/h5-6,8,10H,7,9,11-13H2,1-4H3,(H2,19,20,21). The molecule has 6 heteroatoms. The van der Waals surface area contributed by atoms with Gasteiger partial charge in [0.25, 0.3) is 0 Å². The van der Waals surface area contributed by atoms with Crippen molar-refractivity contribution in [2.24, 2.45) is 4.99 Å². The first-order chi connectivity index (χ1) is 11.5. The van der Waals surface area contributed by atoms with E-state index in [1.54, 1.807) is 14.2 Å². The average Bonchev–Trinajstić information content (AvgIpc) is 2.61. The number of fused-ring (bicyclic) bond motifs is 1. The van der Waals surface area contributed by atoms with E-state index in [-0.39, 0.29) is 18.1 Å². The van der Waals surface area contributed by atoms with E-state index in [0.29, 0.717) is 12.5 Å². The number of ether oxygens (including phenoxy) is 1. The largest absolute Gasteiger partial charge is 0.377 e. The van der Waals surface area contributed by atoms with Gasteiger partial charge in [0.05, 0.1) is 12.1 Å². The number of nitrogens with zero attached hydrogens (tertiary/aromatic N) is 2. The second-order valence-corrected chi connectivity index (χ2v) is 6.52. The number of carbonyl (C=O) groups is 1. The molecule has 1 aromatic carbocycles. The molecule has 2 rings (SSSR count). The molecular weight excluding hydrogens is 304 g/mol. The number of para-hydroxylation sites is 1. The third kappa shape index (κ3) is 4.71. The van der Waals surface area contributed by atoms with Crippen LogP contribution < -0.4 is 15.5 Å². The molecule has 0 atom stereocenters. The lowest BCUT2D eigenvalue weighted by Crippen LogP contribution is -2.49. The molecule has 1 amide bonds. The van der Waals surface area contributed by atoms with Crippen molar-refractivity contribution >= 4 is 17.6 Å². The van der Waals surface area contributed by atoms with E-state index >= 15 is 0 Å². The molecule has 0 saturated heterocycles. The van der Waals surface area contributed by atoms with Crippen molar-refractivity contribution in [2.45, 2.75) is 32.3 Å². The minimum absolute atomic E-state index is 0.0519. The summed E-state index contributed by atoms with van der Waals surface area (Å²) < 4.78 is 5.37. The van der Waals surface area contributed by atoms with Crippen LogP contribution in [0.3, 0.4) is 0 Å². The monoisotopic (exact) mass is 332 g/mol. The van der Waals surface area contributed by atoms with Crippen molar-refractivity contribution in [1.82, 2.24) is 10.6 Å². The smallest absolute Gasteiger partial charge is 0.246 e. The van der Waals surface area contributed by atoms with Gasteiger partial charge in [-0.15, -0.1) is 0 Å². The fourth-order valence-electron chi connectivity index (χ4n) is 2.64. The summed E-state index contributed by atoms with van der Waals surface area (Å²) in [7, 11) is 3.37. The van der Waals surface area contributed by atoms with Gasteiger partial charge in [0, 0.05) is 32.9 Å². The number of rotatable bonds is 5. The molecule has 6 nitrogen and oxygen atoms in total. The van der Waals surface area contributed by atoms with E-state index in [2.05, 4.69) is 21.7 Å². The Kier molecular flexibility index (Phi) is 6.20. The van der Waals surface area contributed by atoms with Crippen molar-refractivity contribution in [3.63, 3.8) is 0 Å². The molecule has 24 heavy (non-hydrogen) atoms. The summed E-state index contributed by atoms with van der Waals surface area (Å²) in [6.45, 7) is 5.55. The molecule has 1 heterocycles. The Bertz CT molecular complexity index is 598. The minimum atomic E-state index is -0.298. The molecule has 0 aliphatic carbocycles. The van der Waals surface area contributed by atoms with Crippen LogP contribution >= 0.6 is 0 Å². The van der Waals surface area contributed by atoms with Crippen molar-refractivity contribution in [2.75, 3.05) is 38.7 Å². The zero-order valence-electron chi connectivity index (χ0n) is 15.1. The predicted molar refractivity (Wildman–Crippen MR) is 97.6 cm³/mol. The first-order valence-electron chi connectivity index (χ1n) is 8.35. The van der Waals surface area contributed by atoms with Gasteiger partial charge in [-0.1, -0.05) is 18.2 Å². The van der Waals surface area contributed by atoms with Gasteiger partial charge in [-0.25, -0.2) is 0 Å². The van der Waals surface area contributed by atoms with Gasteiger partial charge in [0.2, 0.25) is 5.91 Å². The number of anilines is 1. The van der Waals surface area contributed by atoms with Gasteiger partial charge < -0.3 is 20.3 Å². The average molecular weight is 332 g/mol. The molecule has 0 bridgehead atoms. The van der Waals surface area contributed by atoms with E-state index in [4.69, 9.17) is 4.74 Å². The molecule has 2 N–H and O–H groups in total. The summed E-state index contributed by atoms with van der Waals surface area (Å²) in [5.74, 6) is 0.648. The molecule has 0 saturated carbocycles. The van der Waals surface area contributed by atoms with E-state index in [0.717, 1.165) is 25.1 Å². The number of methoxy groups -OCH3 is 1. The highest BCUT2D eigenvalue weighted by Gasteiger charge is 2.22. The predicted octanol–water partition coefficient (Wildman–Crippen LogP) is 1.56. The van der Waals surface area contributed by atoms with Crippen LogP contribution in [0.2, 0.25) is 0 Å². The molecule has 0 spiro atoms. The Labute approximate surface area is 144 Å². The van der Waals surface area contributed by atoms with Gasteiger partial charge in [-0.05, 0) is 38.3 Å². The summed E-state index contributed by atoms with van der Waals surface area (Å²) in [4.78, 5) is 18.6. The highest BCUT2D eigenvalue weighted by atomic mass is 16.5. The topological polar surface area (TPSA) is 66.0 Å². The number of aryl methyl sites for hydroxylation is 1. The highest BCUT2D eigenvalue weighted by Crippen LogP contribution is 2.26. The summed E-state index contributed by atoms with van der Waals surface area (Å²) in [6, 6.07) is 8.11. The molecule has 132 valence electrons. The lowest BCUT2D eigenvalue weighted by molar-refractivity contribution is -0.117. The Hall–Kier alpha value is -2.08. The van der Waals surface area contributed by atoms with Crippen molar-refractivity contribution in [3.05, 3.63) is 29.8 Å². The van der Waals surface area contributed by atoms with Crippen molar-refractivity contribution in [1.29, 1.82) is 0 Å². The molecule has 1 aliphatic heterocycles. The second-order valence-electron chi connectivity index (χ2n) is 6.52. The highest BCUT2D eigenvalue weighted by molar-refractivity contribution is 5.98. The van der Waals surface area contributed by atoms with Crippen LogP contribution in [0, 0.1) is 0 Å². The van der Waals surface area contributed by atoms with Crippen molar-refractivity contribution < 1.29 is 9.53 Å². The molecule has 1 aliphatic rings. The minimum Gasteiger partial charge on any atom is -0.377 e. The van der Waals surface area contributed by atoms with E-state index in [1.165, 1.54) is 5.56 Å². The molecular formula is C18H28N4O2. The van der Waals surface area contributed by atoms with Crippen LogP contribution in [0.4, 0.5) is 5.69 Å². The van der Waals surface area contributed by atoms with Crippen LogP contribution in [0.1, 0.15) is 25.8 Å². The molecule has 0 fully saturated rings. The lowest BCUT2D eigenvalue weighted by Gasteiger charge is -2.30. The molecule has 0 radical (unpaired) electrons. The van der Waals surface area contributed by atoms with Gasteiger partial charge in [-0.3, -0.25) is 9.79 Å². The Morgan fingerprint density at radius 3 is 2.79 bits per heavy atom. The van der Waals surface area contributed by atoms with E-state index < -0.39 is 0 Å². The van der Waals surface area contributed by atoms with Crippen LogP contribution in [0.15, 0.2) is 29.3 Å². The fraction of sp³-hybridized carbons (Fsp3) is 0.556. The number of aliphatic imine (C=N–C) groups is 1.